The Labute approximate surface area is 209 Å². The van der Waals surface area contributed by atoms with Crippen LogP contribution in [0.4, 0.5) is 5.69 Å². The van der Waals surface area contributed by atoms with Crippen molar-refractivity contribution in [3.05, 3.63) is 93.5 Å². The number of rotatable bonds is 6. The molecule has 180 valence electrons. The molecule has 0 spiro atoms. The summed E-state index contributed by atoms with van der Waals surface area (Å²) in [6.07, 6.45) is 0. The summed E-state index contributed by atoms with van der Waals surface area (Å²) in [5.41, 5.74) is 3.05. The van der Waals surface area contributed by atoms with E-state index < -0.39 is 17.7 Å². The van der Waals surface area contributed by atoms with Gasteiger partial charge in [-0.1, -0.05) is 35.9 Å². The topological polar surface area (TPSA) is 76.1 Å². The molecule has 0 aromatic heterocycles. The third kappa shape index (κ3) is 4.49. The number of methoxy groups -OCH3 is 1. The Balaban J connectivity index is 2.01. The van der Waals surface area contributed by atoms with Gasteiger partial charge in [-0.3, -0.25) is 14.5 Å². The van der Waals surface area contributed by atoms with Crippen molar-refractivity contribution >= 4 is 34.7 Å². The van der Waals surface area contributed by atoms with Crippen LogP contribution in [0.25, 0.3) is 5.76 Å². The van der Waals surface area contributed by atoms with Crippen LogP contribution in [0.15, 0.2) is 66.2 Å². The van der Waals surface area contributed by atoms with Crippen LogP contribution in [-0.2, 0) is 9.59 Å². The predicted molar refractivity (Wildman–Crippen MR) is 136 cm³/mol. The number of aryl methyl sites for hydroxylation is 2. The van der Waals surface area contributed by atoms with E-state index in [1.54, 1.807) is 42.5 Å². The van der Waals surface area contributed by atoms with Crippen LogP contribution < -0.4 is 14.4 Å². The van der Waals surface area contributed by atoms with Gasteiger partial charge in [0.1, 0.15) is 17.3 Å². The Bertz CT molecular complexity index is 1350. The van der Waals surface area contributed by atoms with Crippen molar-refractivity contribution in [3.8, 4) is 11.5 Å². The molecule has 1 aliphatic rings. The van der Waals surface area contributed by atoms with E-state index in [0.717, 1.165) is 11.1 Å². The van der Waals surface area contributed by atoms with Crippen molar-refractivity contribution in [2.45, 2.75) is 26.8 Å². The van der Waals surface area contributed by atoms with E-state index in [9.17, 15) is 14.7 Å². The number of Topliss-reactive ketones (excluding diaryl/α,β-unsaturated/α-hetero) is 1. The molecule has 1 unspecified atom stereocenters. The highest BCUT2D eigenvalue weighted by Crippen LogP contribution is 2.45. The van der Waals surface area contributed by atoms with Crippen LogP contribution in [0.1, 0.15) is 35.2 Å². The molecule has 1 aliphatic heterocycles. The van der Waals surface area contributed by atoms with Crippen molar-refractivity contribution in [1.29, 1.82) is 0 Å². The number of carbonyl (C=O) groups is 2. The lowest BCUT2D eigenvalue weighted by Crippen LogP contribution is -2.29. The molecule has 1 saturated heterocycles. The molecule has 3 aromatic rings. The summed E-state index contributed by atoms with van der Waals surface area (Å²) in [4.78, 5) is 28.2. The zero-order chi connectivity index (χ0) is 25.3. The molecular weight excluding hydrogens is 466 g/mol. The van der Waals surface area contributed by atoms with E-state index >= 15 is 0 Å². The Morgan fingerprint density at radius 3 is 2.46 bits per heavy atom. The van der Waals surface area contributed by atoms with Gasteiger partial charge in [-0.15, -0.1) is 0 Å². The highest BCUT2D eigenvalue weighted by Gasteiger charge is 2.47. The SMILES string of the molecule is CCOc1cccc(C2/C(=C(\O)c3cc(C)cc(Cl)c3OC)C(=O)C(=O)N2c2cccc(C)c2)c1. The van der Waals surface area contributed by atoms with Crippen LogP contribution in [0.3, 0.4) is 0 Å². The molecule has 3 aromatic carbocycles. The smallest absolute Gasteiger partial charge is 0.300 e. The van der Waals surface area contributed by atoms with Gasteiger partial charge < -0.3 is 14.6 Å². The summed E-state index contributed by atoms with van der Waals surface area (Å²) in [6, 6.07) is 17.0. The number of ether oxygens (including phenoxy) is 2. The molecule has 4 rings (SSSR count). The maximum absolute atomic E-state index is 13.4. The molecule has 1 N–H and O–H groups in total. The lowest BCUT2D eigenvalue weighted by Gasteiger charge is -2.26. The van der Waals surface area contributed by atoms with E-state index in [0.29, 0.717) is 23.6 Å². The van der Waals surface area contributed by atoms with Crippen molar-refractivity contribution in [2.75, 3.05) is 18.6 Å². The molecule has 7 heteroatoms. The largest absolute Gasteiger partial charge is 0.507 e. The quantitative estimate of drug-likeness (QED) is 0.260. The first-order chi connectivity index (χ1) is 16.8. The molecule has 35 heavy (non-hydrogen) atoms. The molecule has 0 bridgehead atoms. The number of hydrogen-bond acceptors (Lipinski definition) is 5. The summed E-state index contributed by atoms with van der Waals surface area (Å²) < 4.78 is 11.1. The second kappa shape index (κ2) is 9.84. The Morgan fingerprint density at radius 1 is 1.03 bits per heavy atom. The fraction of sp³-hybridized carbons (Fsp3) is 0.214. The van der Waals surface area contributed by atoms with Gasteiger partial charge in [-0.25, -0.2) is 0 Å². The van der Waals surface area contributed by atoms with Crippen LogP contribution in [0.5, 0.6) is 11.5 Å². The Morgan fingerprint density at radius 2 is 1.77 bits per heavy atom. The van der Waals surface area contributed by atoms with E-state index in [2.05, 4.69) is 0 Å². The first-order valence-corrected chi connectivity index (χ1v) is 11.6. The number of hydrogen-bond donors (Lipinski definition) is 1. The number of nitrogens with zero attached hydrogens (tertiary/aromatic N) is 1. The normalized spacial score (nSPS) is 17.1. The molecule has 1 atom stereocenters. The van der Waals surface area contributed by atoms with Crippen LogP contribution >= 0.6 is 11.6 Å². The number of aliphatic hydroxyl groups is 1. The molecule has 0 radical (unpaired) electrons. The fourth-order valence-electron chi connectivity index (χ4n) is 4.39. The van der Waals surface area contributed by atoms with Crippen LogP contribution in [0, 0.1) is 13.8 Å². The number of aliphatic hydroxyl groups excluding tert-OH is 1. The Hall–Kier alpha value is -3.77. The average molecular weight is 492 g/mol. The van der Waals surface area contributed by atoms with Crippen molar-refractivity contribution < 1.29 is 24.2 Å². The monoisotopic (exact) mass is 491 g/mol. The van der Waals surface area contributed by atoms with E-state index in [-0.39, 0.29) is 27.7 Å². The molecule has 6 nitrogen and oxygen atoms in total. The maximum Gasteiger partial charge on any atom is 0.300 e. The first-order valence-electron chi connectivity index (χ1n) is 11.2. The summed E-state index contributed by atoms with van der Waals surface area (Å²) >= 11 is 6.36. The number of anilines is 1. The van der Waals surface area contributed by atoms with Crippen LogP contribution in [-0.4, -0.2) is 30.5 Å². The zero-order valence-corrected chi connectivity index (χ0v) is 20.7. The van der Waals surface area contributed by atoms with Gasteiger partial charge in [-0.05, 0) is 73.9 Å². The molecule has 0 aliphatic carbocycles. The minimum atomic E-state index is -0.888. The van der Waals surface area contributed by atoms with E-state index in [1.807, 2.05) is 39.0 Å². The molecule has 0 saturated carbocycles. The summed E-state index contributed by atoms with van der Waals surface area (Å²) in [5.74, 6) is -1.07. The van der Waals surface area contributed by atoms with Gasteiger partial charge in [-0.2, -0.15) is 0 Å². The van der Waals surface area contributed by atoms with Gasteiger partial charge in [0.05, 0.1) is 35.9 Å². The molecule has 1 amide bonds. The van der Waals surface area contributed by atoms with Gasteiger partial charge >= 0.3 is 0 Å². The number of benzene rings is 3. The average Bonchev–Trinajstić information content (AvgIpc) is 3.09. The minimum Gasteiger partial charge on any atom is -0.507 e. The van der Waals surface area contributed by atoms with E-state index in [1.165, 1.54) is 12.0 Å². The van der Waals surface area contributed by atoms with Crippen molar-refractivity contribution in [2.24, 2.45) is 0 Å². The first kappa shape index (κ1) is 24.4. The third-order valence-electron chi connectivity index (χ3n) is 5.86. The predicted octanol–water partition coefficient (Wildman–Crippen LogP) is 5.99. The lowest BCUT2D eigenvalue weighted by molar-refractivity contribution is -0.132. The summed E-state index contributed by atoms with van der Waals surface area (Å²) in [5, 5.41) is 11.8. The van der Waals surface area contributed by atoms with Crippen molar-refractivity contribution in [1.82, 2.24) is 0 Å². The fourth-order valence-corrected chi connectivity index (χ4v) is 4.74. The summed E-state index contributed by atoms with van der Waals surface area (Å²) in [6.45, 7) is 6.06. The number of carbonyl (C=O) groups excluding carboxylic acids is 2. The molecular formula is C28H26ClNO5. The maximum atomic E-state index is 13.4. The number of halogens is 1. The van der Waals surface area contributed by atoms with Crippen molar-refractivity contribution in [3.63, 3.8) is 0 Å². The van der Waals surface area contributed by atoms with Gasteiger partial charge in [0, 0.05) is 5.69 Å². The van der Waals surface area contributed by atoms with Gasteiger partial charge in [0.25, 0.3) is 11.7 Å². The van der Waals surface area contributed by atoms with E-state index in [4.69, 9.17) is 21.1 Å². The van der Waals surface area contributed by atoms with Crippen LogP contribution in [0.2, 0.25) is 5.02 Å². The second-order valence-corrected chi connectivity index (χ2v) is 8.75. The lowest BCUT2D eigenvalue weighted by atomic mass is 9.94. The standard InChI is InChI=1S/C28H26ClNO5/c1-5-35-20-11-7-9-18(15-20)24-23(25(31)21-13-17(3)14-22(29)27(21)34-4)26(32)28(33)30(24)19-10-6-8-16(2)12-19/h6-15,24,31H,5H2,1-4H3/b25-23+. The highest BCUT2D eigenvalue weighted by molar-refractivity contribution is 6.51. The second-order valence-electron chi connectivity index (χ2n) is 8.34. The molecule has 1 heterocycles. The third-order valence-corrected chi connectivity index (χ3v) is 6.14. The van der Waals surface area contributed by atoms with Gasteiger partial charge in [0.2, 0.25) is 0 Å². The summed E-state index contributed by atoms with van der Waals surface area (Å²) in [7, 11) is 1.43. The zero-order valence-electron chi connectivity index (χ0n) is 20.0. The van der Waals surface area contributed by atoms with Gasteiger partial charge in [0.15, 0.2) is 0 Å². The molecule has 1 fully saturated rings. The number of ketones is 1. The minimum absolute atomic E-state index is 0.0508. The highest BCUT2D eigenvalue weighted by atomic mass is 35.5. The number of amides is 1. The Kier molecular flexibility index (Phi) is 6.85.